The normalized spacial score (nSPS) is 17.4. The molecule has 0 saturated carbocycles. The number of hydrogen-bond acceptors (Lipinski definition) is 2. The summed E-state index contributed by atoms with van der Waals surface area (Å²) in [5, 5.41) is 0. The number of nitrogens with zero attached hydrogens (tertiary/aromatic N) is 1. The van der Waals surface area contributed by atoms with Crippen molar-refractivity contribution < 1.29 is 9.53 Å². The summed E-state index contributed by atoms with van der Waals surface area (Å²) in [6, 6.07) is 0. The Kier molecular flexibility index (Phi) is 3.40. The van der Waals surface area contributed by atoms with Crippen LogP contribution >= 0.6 is 0 Å². The van der Waals surface area contributed by atoms with Crippen molar-refractivity contribution in [1.29, 1.82) is 0 Å². The van der Waals surface area contributed by atoms with Gasteiger partial charge in [0.05, 0.1) is 0 Å². The quantitative estimate of drug-likeness (QED) is 0.599. The highest BCUT2D eigenvalue weighted by molar-refractivity contribution is 5.68. The second-order valence-corrected chi connectivity index (χ2v) is 4.07. The third-order valence-electron chi connectivity index (χ3n) is 2.30. The van der Waals surface area contributed by atoms with E-state index in [0.717, 1.165) is 25.9 Å². The lowest BCUT2D eigenvalue weighted by Crippen LogP contribution is -2.40. The monoisotopic (exact) mass is 195 g/mol. The zero-order chi connectivity index (χ0) is 10.6. The van der Waals surface area contributed by atoms with Crippen molar-refractivity contribution in [1.82, 2.24) is 4.90 Å². The van der Waals surface area contributed by atoms with Crippen molar-refractivity contribution in [3.63, 3.8) is 0 Å². The smallest absolute Gasteiger partial charge is 0.411 e. The molecule has 1 amide bonds. The van der Waals surface area contributed by atoms with Gasteiger partial charge < -0.3 is 9.64 Å². The maximum absolute atomic E-state index is 11.6. The number of piperidine rings is 1. The van der Waals surface area contributed by atoms with E-state index in [1.165, 1.54) is 6.42 Å². The summed E-state index contributed by atoms with van der Waals surface area (Å²) < 4.78 is 5.18. The van der Waals surface area contributed by atoms with Crippen LogP contribution in [0.5, 0.6) is 0 Å². The first-order chi connectivity index (χ1) is 6.55. The minimum Gasteiger partial charge on any atom is -0.430 e. The average molecular weight is 195 g/mol. The van der Waals surface area contributed by atoms with E-state index in [4.69, 9.17) is 11.2 Å². The molecule has 0 aromatic heterocycles. The van der Waals surface area contributed by atoms with E-state index in [0.29, 0.717) is 0 Å². The van der Waals surface area contributed by atoms with Crippen LogP contribution in [0.2, 0.25) is 0 Å². The third kappa shape index (κ3) is 2.95. The Labute approximate surface area is 85.4 Å². The Hall–Kier alpha value is -1.17. The SMILES string of the molecule is C#CC(C)(C)OC(=O)N1CCCCC1. The van der Waals surface area contributed by atoms with Crippen LogP contribution < -0.4 is 0 Å². The van der Waals surface area contributed by atoms with Gasteiger partial charge >= 0.3 is 6.09 Å². The van der Waals surface area contributed by atoms with Crippen molar-refractivity contribution in [2.45, 2.75) is 38.7 Å². The molecular formula is C11H17NO2. The van der Waals surface area contributed by atoms with E-state index in [9.17, 15) is 4.79 Å². The Morgan fingerprint density at radius 1 is 1.36 bits per heavy atom. The number of likely N-dealkylation sites (tertiary alicyclic amines) is 1. The molecule has 78 valence electrons. The van der Waals surface area contributed by atoms with Crippen LogP contribution in [0.15, 0.2) is 0 Å². The fourth-order valence-corrected chi connectivity index (χ4v) is 1.39. The molecular weight excluding hydrogens is 178 g/mol. The van der Waals surface area contributed by atoms with Crippen LogP contribution in [-0.4, -0.2) is 29.7 Å². The molecule has 0 unspecified atom stereocenters. The third-order valence-corrected chi connectivity index (χ3v) is 2.30. The van der Waals surface area contributed by atoms with E-state index in [2.05, 4.69) is 5.92 Å². The number of terminal acetylenes is 1. The number of carbonyl (C=O) groups is 1. The molecule has 0 atom stereocenters. The lowest BCUT2D eigenvalue weighted by molar-refractivity contribution is 0.0419. The van der Waals surface area contributed by atoms with E-state index in [1.54, 1.807) is 18.7 Å². The molecule has 1 aliphatic rings. The largest absolute Gasteiger partial charge is 0.430 e. The van der Waals surface area contributed by atoms with Crippen molar-refractivity contribution in [3.05, 3.63) is 0 Å². The fourth-order valence-electron chi connectivity index (χ4n) is 1.39. The van der Waals surface area contributed by atoms with Gasteiger partial charge in [0, 0.05) is 13.1 Å². The molecule has 0 aromatic carbocycles. The molecule has 0 spiro atoms. The van der Waals surface area contributed by atoms with Crippen molar-refractivity contribution in [3.8, 4) is 12.3 Å². The van der Waals surface area contributed by atoms with Gasteiger partial charge in [0.15, 0.2) is 5.60 Å². The maximum atomic E-state index is 11.6. The molecule has 3 nitrogen and oxygen atoms in total. The van der Waals surface area contributed by atoms with Gasteiger partial charge in [-0.2, -0.15) is 0 Å². The van der Waals surface area contributed by atoms with Crippen LogP contribution in [0.4, 0.5) is 4.79 Å². The Morgan fingerprint density at radius 3 is 2.43 bits per heavy atom. The van der Waals surface area contributed by atoms with E-state index in [-0.39, 0.29) is 6.09 Å². The topological polar surface area (TPSA) is 29.5 Å². The maximum Gasteiger partial charge on any atom is 0.411 e. The highest BCUT2D eigenvalue weighted by atomic mass is 16.6. The summed E-state index contributed by atoms with van der Waals surface area (Å²) >= 11 is 0. The molecule has 0 aromatic rings. The molecule has 1 fully saturated rings. The summed E-state index contributed by atoms with van der Waals surface area (Å²) in [5.41, 5.74) is -0.797. The van der Waals surface area contributed by atoms with Gasteiger partial charge in [-0.3, -0.25) is 0 Å². The molecule has 0 N–H and O–H groups in total. The summed E-state index contributed by atoms with van der Waals surface area (Å²) in [6.45, 7) is 5.02. The van der Waals surface area contributed by atoms with Gasteiger partial charge in [-0.1, -0.05) is 5.92 Å². The van der Waals surface area contributed by atoms with Crippen LogP contribution in [0.3, 0.4) is 0 Å². The predicted molar refractivity (Wildman–Crippen MR) is 54.8 cm³/mol. The molecule has 0 radical (unpaired) electrons. The minimum atomic E-state index is -0.797. The lowest BCUT2D eigenvalue weighted by Gasteiger charge is -2.29. The van der Waals surface area contributed by atoms with Gasteiger partial charge in [0.1, 0.15) is 0 Å². The second-order valence-electron chi connectivity index (χ2n) is 4.07. The summed E-state index contributed by atoms with van der Waals surface area (Å²) in [5.74, 6) is 2.44. The molecule has 1 heterocycles. The van der Waals surface area contributed by atoms with E-state index < -0.39 is 5.60 Å². The predicted octanol–water partition coefficient (Wildman–Crippen LogP) is 2.02. The standard InChI is InChI=1S/C11H17NO2/c1-4-11(2,3)14-10(13)12-8-6-5-7-9-12/h1H,5-9H2,2-3H3. The summed E-state index contributed by atoms with van der Waals surface area (Å²) in [6.07, 6.45) is 8.27. The summed E-state index contributed by atoms with van der Waals surface area (Å²) in [7, 11) is 0. The highest BCUT2D eigenvalue weighted by Crippen LogP contribution is 2.14. The van der Waals surface area contributed by atoms with Crippen molar-refractivity contribution in [2.24, 2.45) is 0 Å². The zero-order valence-corrected chi connectivity index (χ0v) is 8.88. The molecule has 3 heteroatoms. The Morgan fingerprint density at radius 2 is 1.93 bits per heavy atom. The molecule has 1 aliphatic heterocycles. The molecule has 14 heavy (non-hydrogen) atoms. The Bertz CT molecular complexity index is 247. The lowest BCUT2D eigenvalue weighted by atomic mass is 10.1. The number of rotatable bonds is 1. The zero-order valence-electron chi connectivity index (χ0n) is 8.88. The Balaban J connectivity index is 2.45. The van der Waals surface area contributed by atoms with Crippen LogP contribution in [0.25, 0.3) is 0 Å². The average Bonchev–Trinajstić information content (AvgIpc) is 2.19. The van der Waals surface area contributed by atoms with Gasteiger partial charge in [0.2, 0.25) is 0 Å². The number of amides is 1. The van der Waals surface area contributed by atoms with Gasteiger partial charge in [-0.05, 0) is 33.1 Å². The van der Waals surface area contributed by atoms with Gasteiger partial charge in [0.25, 0.3) is 0 Å². The summed E-state index contributed by atoms with van der Waals surface area (Å²) in [4.78, 5) is 13.3. The molecule has 0 bridgehead atoms. The number of hydrogen-bond donors (Lipinski definition) is 0. The second kappa shape index (κ2) is 4.36. The number of ether oxygens (including phenoxy) is 1. The van der Waals surface area contributed by atoms with Crippen LogP contribution in [0.1, 0.15) is 33.1 Å². The first-order valence-electron chi connectivity index (χ1n) is 5.01. The fraction of sp³-hybridized carbons (Fsp3) is 0.727. The van der Waals surface area contributed by atoms with Gasteiger partial charge in [-0.15, -0.1) is 6.42 Å². The van der Waals surface area contributed by atoms with Crippen molar-refractivity contribution >= 4 is 6.09 Å². The van der Waals surface area contributed by atoms with E-state index >= 15 is 0 Å². The minimum absolute atomic E-state index is 0.285. The first-order valence-corrected chi connectivity index (χ1v) is 5.01. The molecule has 1 rings (SSSR count). The highest BCUT2D eigenvalue weighted by Gasteiger charge is 2.24. The van der Waals surface area contributed by atoms with E-state index in [1.807, 2.05) is 0 Å². The van der Waals surface area contributed by atoms with Crippen LogP contribution in [0, 0.1) is 12.3 Å². The number of carbonyl (C=O) groups excluding carboxylic acids is 1. The van der Waals surface area contributed by atoms with Crippen molar-refractivity contribution in [2.75, 3.05) is 13.1 Å². The first kappa shape index (κ1) is 10.9. The van der Waals surface area contributed by atoms with Crippen LogP contribution in [-0.2, 0) is 4.74 Å². The van der Waals surface area contributed by atoms with Gasteiger partial charge in [-0.25, -0.2) is 4.79 Å². The molecule has 0 aliphatic carbocycles. The molecule has 1 saturated heterocycles.